The van der Waals surface area contributed by atoms with Crippen molar-refractivity contribution in [2.75, 3.05) is 25.2 Å². The van der Waals surface area contributed by atoms with E-state index in [1.54, 1.807) is 18.7 Å². The topological polar surface area (TPSA) is 87.7 Å². The lowest BCUT2D eigenvalue weighted by Gasteiger charge is -2.18. The Bertz CT molecular complexity index is 263. The summed E-state index contributed by atoms with van der Waals surface area (Å²) in [5, 5.41) is 14.0. The van der Waals surface area contributed by atoms with Gasteiger partial charge in [0.2, 0.25) is 0 Å². The van der Waals surface area contributed by atoms with Crippen molar-refractivity contribution in [2.45, 2.75) is 32.4 Å². The molecule has 106 valence electrons. The van der Waals surface area contributed by atoms with Gasteiger partial charge in [-0.05, 0) is 32.3 Å². The molecule has 0 heterocycles. The van der Waals surface area contributed by atoms with Crippen molar-refractivity contribution in [1.29, 1.82) is 0 Å². The highest BCUT2D eigenvalue weighted by Gasteiger charge is 2.19. The average Bonchev–Trinajstić information content (AvgIpc) is 2.31. The van der Waals surface area contributed by atoms with Crippen LogP contribution >= 0.6 is 11.8 Å². The van der Waals surface area contributed by atoms with Crippen LogP contribution in [0.25, 0.3) is 0 Å². The Labute approximate surface area is 112 Å². The molecule has 0 aromatic rings. The van der Waals surface area contributed by atoms with Crippen LogP contribution in [0.3, 0.4) is 0 Å². The maximum Gasteiger partial charge on any atom is 0.326 e. The summed E-state index contributed by atoms with van der Waals surface area (Å²) in [6, 6.07) is -1.48. The summed E-state index contributed by atoms with van der Waals surface area (Å²) in [6.07, 6.45) is 2.30. The van der Waals surface area contributed by atoms with Crippen LogP contribution < -0.4 is 10.6 Å². The molecule has 0 aliphatic heterocycles. The zero-order chi connectivity index (χ0) is 14.0. The van der Waals surface area contributed by atoms with Gasteiger partial charge in [-0.25, -0.2) is 9.59 Å². The summed E-state index contributed by atoms with van der Waals surface area (Å²) < 4.78 is 5.15. The van der Waals surface area contributed by atoms with Crippen molar-refractivity contribution in [2.24, 2.45) is 0 Å². The molecule has 3 N–H and O–H groups in total. The molecule has 1 unspecified atom stereocenters. The number of carboxylic acids is 1. The summed E-state index contributed by atoms with van der Waals surface area (Å²) in [5.74, 6) is -0.331. The van der Waals surface area contributed by atoms with E-state index in [1.807, 2.05) is 13.2 Å². The third kappa shape index (κ3) is 8.19. The van der Waals surface area contributed by atoms with Crippen LogP contribution in [0.1, 0.15) is 20.3 Å². The van der Waals surface area contributed by atoms with Crippen LogP contribution in [0, 0.1) is 0 Å². The van der Waals surface area contributed by atoms with Crippen LogP contribution in [0.15, 0.2) is 0 Å². The number of carboxylic acid groups (broad SMARTS) is 1. The molecule has 0 fully saturated rings. The van der Waals surface area contributed by atoms with Crippen molar-refractivity contribution >= 4 is 23.8 Å². The maximum atomic E-state index is 11.5. The Balaban J connectivity index is 4.04. The van der Waals surface area contributed by atoms with Gasteiger partial charge in [-0.2, -0.15) is 11.8 Å². The van der Waals surface area contributed by atoms with E-state index >= 15 is 0 Å². The van der Waals surface area contributed by atoms with Gasteiger partial charge in [-0.1, -0.05) is 0 Å². The Morgan fingerprint density at radius 3 is 2.56 bits per heavy atom. The van der Waals surface area contributed by atoms with E-state index in [4.69, 9.17) is 9.84 Å². The molecule has 0 bridgehead atoms. The zero-order valence-corrected chi connectivity index (χ0v) is 11.9. The van der Waals surface area contributed by atoms with Gasteiger partial charge >= 0.3 is 12.0 Å². The second-order valence-corrected chi connectivity index (χ2v) is 4.84. The van der Waals surface area contributed by atoms with Gasteiger partial charge in [-0.15, -0.1) is 0 Å². The molecule has 7 heteroatoms. The molecule has 0 radical (unpaired) electrons. The predicted octanol–water partition coefficient (Wildman–Crippen LogP) is 0.917. The molecule has 0 aromatic carbocycles. The fourth-order valence-electron chi connectivity index (χ4n) is 1.25. The molecule has 2 amide bonds. The Morgan fingerprint density at radius 1 is 1.39 bits per heavy atom. The lowest BCUT2D eigenvalue weighted by Crippen LogP contribution is -2.49. The van der Waals surface area contributed by atoms with E-state index in [2.05, 4.69) is 10.6 Å². The molecular weight excluding hydrogens is 256 g/mol. The molecule has 0 rings (SSSR count). The van der Waals surface area contributed by atoms with Gasteiger partial charge in [0.15, 0.2) is 0 Å². The SMILES string of the molecule is CCOCC(C)NC(=O)N[C@@H](CCSC)C(=O)O. The number of carbonyl (C=O) groups excluding carboxylic acids is 1. The fraction of sp³-hybridized carbons (Fsp3) is 0.818. The van der Waals surface area contributed by atoms with E-state index in [-0.39, 0.29) is 6.04 Å². The number of aliphatic carboxylic acids is 1. The Kier molecular flexibility index (Phi) is 9.49. The van der Waals surface area contributed by atoms with Gasteiger partial charge in [0.25, 0.3) is 0 Å². The summed E-state index contributed by atoms with van der Waals surface area (Å²) in [6.45, 7) is 4.66. The highest BCUT2D eigenvalue weighted by atomic mass is 32.2. The van der Waals surface area contributed by atoms with Crippen molar-refractivity contribution in [3.8, 4) is 0 Å². The smallest absolute Gasteiger partial charge is 0.326 e. The third-order valence-electron chi connectivity index (χ3n) is 2.16. The minimum Gasteiger partial charge on any atom is -0.480 e. The van der Waals surface area contributed by atoms with Gasteiger partial charge in [0.05, 0.1) is 12.6 Å². The second kappa shape index (κ2) is 10.0. The fourth-order valence-corrected chi connectivity index (χ4v) is 1.72. The molecule has 2 atom stereocenters. The number of thioether (sulfide) groups is 1. The zero-order valence-electron chi connectivity index (χ0n) is 11.1. The summed E-state index contributed by atoms with van der Waals surface area (Å²) in [7, 11) is 0. The first-order valence-corrected chi connectivity index (χ1v) is 7.27. The van der Waals surface area contributed by atoms with Crippen LogP contribution in [0.2, 0.25) is 0 Å². The first-order chi connectivity index (χ1) is 8.51. The molecular formula is C11H22N2O4S. The minimum atomic E-state index is -1.02. The summed E-state index contributed by atoms with van der Waals surface area (Å²) in [4.78, 5) is 22.5. The van der Waals surface area contributed by atoms with Crippen LogP contribution in [-0.2, 0) is 9.53 Å². The summed E-state index contributed by atoms with van der Waals surface area (Å²) in [5.41, 5.74) is 0. The average molecular weight is 278 g/mol. The molecule has 0 saturated carbocycles. The summed E-state index contributed by atoms with van der Waals surface area (Å²) >= 11 is 1.54. The first-order valence-electron chi connectivity index (χ1n) is 5.87. The number of rotatable bonds is 9. The molecule has 0 aromatic heterocycles. The molecule has 18 heavy (non-hydrogen) atoms. The number of hydrogen-bond donors (Lipinski definition) is 3. The van der Waals surface area contributed by atoms with Crippen molar-refractivity contribution in [3.63, 3.8) is 0 Å². The first kappa shape index (κ1) is 17.1. The van der Waals surface area contributed by atoms with Gasteiger partial charge in [-0.3, -0.25) is 0 Å². The number of ether oxygens (including phenoxy) is 1. The number of urea groups is 1. The van der Waals surface area contributed by atoms with E-state index in [9.17, 15) is 9.59 Å². The van der Waals surface area contributed by atoms with E-state index < -0.39 is 18.0 Å². The number of amides is 2. The number of nitrogens with one attached hydrogen (secondary N) is 2. The molecule has 6 nitrogen and oxygen atoms in total. The van der Waals surface area contributed by atoms with E-state index in [0.717, 1.165) is 0 Å². The molecule has 0 aliphatic rings. The lowest BCUT2D eigenvalue weighted by molar-refractivity contribution is -0.139. The van der Waals surface area contributed by atoms with E-state index in [0.29, 0.717) is 25.4 Å². The normalized spacial score (nSPS) is 13.7. The lowest BCUT2D eigenvalue weighted by atomic mass is 10.2. The largest absolute Gasteiger partial charge is 0.480 e. The van der Waals surface area contributed by atoms with Gasteiger partial charge in [0.1, 0.15) is 6.04 Å². The highest BCUT2D eigenvalue weighted by Crippen LogP contribution is 2.01. The van der Waals surface area contributed by atoms with Gasteiger partial charge < -0.3 is 20.5 Å². The van der Waals surface area contributed by atoms with Crippen LogP contribution in [0.4, 0.5) is 4.79 Å². The van der Waals surface area contributed by atoms with E-state index in [1.165, 1.54) is 0 Å². The highest BCUT2D eigenvalue weighted by molar-refractivity contribution is 7.98. The van der Waals surface area contributed by atoms with Crippen LogP contribution in [0.5, 0.6) is 0 Å². The second-order valence-electron chi connectivity index (χ2n) is 3.85. The Hall–Kier alpha value is -0.950. The maximum absolute atomic E-state index is 11.5. The van der Waals surface area contributed by atoms with Gasteiger partial charge in [0, 0.05) is 6.61 Å². The van der Waals surface area contributed by atoms with Crippen molar-refractivity contribution in [3.05, 3.63) is 0 Å². The number of hydrogen-bond acceptors (Lipinski definition) is 4. The number of carbonyl (C=O) groups is 2. The Morgan fingerprint density at radius 2 is 2.06 bits per heavy atom. The standard InChI is InChI=1S/C11H22N2O4S/c1-4-17-7-8(2)12-11(16)13-9(10(14)15)5-6-18-3/h8-9H,4-7H2,1-3H3,(H,14,15)(H2,12,13,16)/t8?,9-/m0/s1. The minimum absolute atomic E-state index is 0.153. The molecule has 0 aliphatic carbocycles. The monoisotopic (exact) mass is 278 g/mol. The molecule has 0 spiro atoms. The quantitative estimate of drug-likeness (QED) is 0.583. The third-order valence-corrected chi connectivity index (χ3v) is 2.81. The molecule has 0 saturated heterocycles. The van der Waals surface area contributed by atoms with Crippen LogP contribution in [-0.4, -0.2) is 54.4 Å². The van der Waals surface area contributed by atoms with Crippen molar-refractivity contribution < 1.29 is 19.4 Å². The van der Waals surface area contributed by atoms with Crippen molar-refractivity contribution in [1.82, 2.24) is 10.6 Å². The predicted molar refractivity (Wildman–Crippen MR) is 72.0 cm³/mol.